The molecule has 0 amide bonds. The summed E-state index contributed by atoms with van der Waals surface area (Å²) in [6, 6.07) is 8.56. The van der Waals surface area contributed by atoms with Crippen molar-refractivity contribution in [1.29, 1.82) is 0 Å². The van der Waals surface area contributed by atoms with Crippen molar-refractivity contribution < 1.29 is 5.11 Å². The summed E-state index contributed by atoms with van der Waals surface area (Å²) in [7, 11) is 1.72. The molecule has 2 saturated heterocycles. The molecule has 5 rings (SSSR count). The highest BCUT2D eigenvalue weighted by molar-refractivity contribution is 5.92. The van der Waals surface area contributed by atoms with E-state index in [1.807, 2.05) is 6.07 Å². The molecule has 7 nitrogen and oxygen atoms in total. The normalized spacial score (nSPS) is 19.7. The van der Waals surface area contributed by atoms with Crippen molar-refractivity contribution in [2.75, 3.05) is 37.7 Å². The van der Waals surface area contributed by atoms with Gasteiger partial charge in [0.1, 0.15) is 11.2 Å². The van der Waals surface area contributed by atoms with Crippen LogP contribution in [0.3, 0.4) is 0 Å². The third-order valence-corrected chi connectivity index (χ3v) is 7.07. The molecule has 4 heterocycles. The Balaban J connectivity index is 1.60. The van der Waals surface area contributed by atoms with Gasteiger partial charge in [0, 0.05) is 38.2 Å². The molecule has 2 fully saturated rings. The van der Waals surface area contributed by atoms with Crippen molar-refractivity contribution in [3.63, 3.8) is 0 Å². The quantitative estimate of drug-likeness (QED) is 0.658. The molecule has 1 atom stereocenters. The van der Waals surface area contributed by atoms with E-state index in [2.05, 4.69) is 40.3 Å². The highest BCUT2D eigenvalue weighted by Crippen LogP contribution is 2.33. The second kappa shape index (κ2) is 8.64. The first-order valence-electron chi connectivity index (χ1n) is 11.6. The van der Waals surface area contributed by atoms with Crippen LogP contribution in [0, 0.1) is 12.8 Å². The van der Waals surface area contributed by atoms with Gasteiger partial charge in [-0.1, -0.05) is 12.1 Å². The number of rotatable bonds is 4. The maximum absolute atomic E-state index is 13.0. The predicted molar refractivity (Wildman–Crippen MR) is 127 cm³/mol. The molecule has 2 N–H and O–H groups in total. The first kappa shape index (κ1) is 21.1. The summed E-state index contributed by atoms with van der Waals surface area (Å²) >= 11 is 0. The number of piperidine rings is 1. The van der Waals surface area contributed by atoms with Crippen LogP contribution in [0.5, 0.6) is 0 Å². The maximum Gasteiger partial charge on any atom is 0.264 e. The van der Waals surface area contributed by atoms with Gasteiger partial charge in [-0.15, -0.1) is 0 Å². The van der Waals surface area contributed by atoms with Crippen molar-refractivity contribution in [1.82, 2.24) is 19.9 Å². The molecule has 2 aliphatic heterocycles. The van der Waals surface area contributed by atoms with E-state index < -0.39 is 0 Å². The van der Waals surface area contributed by atoms with Gasteiger partial charge >= 0.3 is 0 Å². The standard InChI is InChI=1S/C25H31N5O2/c1-16-11-19(3-4-20(16)18-5-8-26-9-6-18)21-12-22-23(25(32)29(2)15-27-22)24(28-21)30-10-7-17(13-30)14-31/h3-4,11-12,15,17-18,26,31H,5-10,13-14H2,1-2H3/t17-/m0/s1. The molecule has 0 saturated carbocycles. The zero-order valence-electron chi connectivity index (χ0n) is 18.8. The molecule has 2 aromatic heterocycles. The molecule has 0 spiro atoms. The zero-order valence-corrected chi connectivity index (χ0v) is 18.8. The summed E-state index contributed by atoms with van der Waals surface area (Å²) in [5.74, 6) is 1.50. The maximum atomic E-state index is 13.0. The summed E-state index contributed by atoms with van der Waals surface area (Å²) in [6.07, 6.45) is 4.82. The van der Waals surface area contributed by atoms with Crippen LogP contribution in [-0.4, -0.2) is 52.4 Å². The predicted octanol–water partition coefficient (Wildman–Crippen LogP) is 2.59. The van der Waals surface area contributed by atoms with Gasteiger partial charge in [-0.05, 0) is 68.5 Å². The van der Waals surface area contributed by atoms with Crippen LogP contribution in [0.4, 0.5) is 5.82 Å². The van der Waals surface area contributed by atoms with E-state index in [-0.39, 0.29) is 18.1 Å². The van der Waals surface area contributed by atoms with Crippen LogP contribution in [-0.2, 0) is 7.05 Å². The number of aliphatic hydroxyl groups is 1. The Morgan fingerprint density at radius 1 is 1.19 bits per heavy atom. The molecule has 168 valence electrons. The minimum atomic E-state index is -0.0889. The molecule has 2 aliphatic rings. The number of nitrogens with one attached hydrogen (secondary N) is 1. The number of fused-ring (bicyclic) bond motifs is 1. The van der Waals surface area contributed by atoms with E-state index in [1.165, 1.54) is 28.5 Å². The number of hydrogen-bond acceptors (Lipinski definition) is 6. The molecule has 32 heavy (non-hydrogen) atoms. The van der Waals surface area contributed by atoms with E-state index in [1.54, 1.807) is 13.4 Å². The first-order chi connectivity index (χ1) is 15.5. The molecule has 1 aromatic carbocycles. The van der Waals surface area contributed by atoms with Gasteiger partial charge < -0.3 is 19.9 Å². The minimum Gasteiger partial charge on any atom is -0.396 e. The lowest BCUT2D eigenvalue weighted by Crippen LogP contribution is -2.27. The Labute approximate surface area is 188 Å². The van der Waals surface area contributed by atoms with E-state index in [0.717, 1.165) is 37.3 Å². The number of pyridine rings is 1. The van der Waals surface area contributed by atoms with Crippen LogP contribution >= 0.6 is 0 Å². The molecule has 0 radical (unpaired) electrons. The van der Waals surface area contributed by atoms with Gasteiger partial charge in [0.05, 0.1) is 17.5 Å². The number of nitrogens with zero attached hydrogens (tertiary/aromatic N) is 4. The second-order valence-corrected chi connectivity index (χ2v) is 9.26. The fourth-order valence-corrected chi connectivity index (χ4v) is 5.18. The van der Waals surface area contributed by atoms with Crippen molar-refractivity contribution in [2.24, 2.45) is 13.0 Å². The van der Waals surface area contributed by atoms with Gasteiger partial charge in [0.25, 0.3) is 5.56 Å². The van der Waals surface area contributed by atoms with Crippen molar-refractivity contribution in [3.05, 3.63) is 52.1 Å². The Morgan fingerprint density at radius 3 is 2.72 bits per heavy atom. The Morgan fingerprint density at radius 2 is 2.00 bits per heavy atom. The number of anilines is 1. The summed E-state index contributed by atoms with van der Waals surface area (Å²) < 4.78 is 1.50. The smallest absolute Gasteiger partial charge is 0.264 e. The van der Waals surface area contributed by atoms with Gasteiger partial charge in [0.15, 0.2) is 0 Å². The van der Waals surface area contributed by atoms with Gasteiger partial charge in [-0.3, -0.25) is 4.79 Å². The highest BCUT2D eigenvalue weighted by atomic mass is 16.3. The minimum absolute atomic E-state index is 0.0889. The highest BCUT2D eigenvalue weighted by Gasteiger charge is 2.26. The summed E-state index contributed by atoms with van der Waals surface area (Å²) in [4.78, 5) is 24.7. The SMILES string of the molecule is Cc1cc(-c2cc3ncn(C)c(=O)c3c(N3CC[C@H](CO)C3)n2)ccc1C1CCNCC1. The van der Waals surface area contributed by atoms with Crippen molar-refractivity contribution >= 4 is 16.7 Å². The fourth-order valence-electron chi connectivity index (χ4n) is 5.18. The number of benzene rings is 1. The van der Waals surface area contributed by atoms with Gasteiger partial charge in [0.2, 0.25) is 0 Å². The van der Waals surface area contributed by atoms with E-state index >= 15 is 0 Å². The number of aliphatic hydroxyl groups excluding tert-OH is 1. The lowest BCUT2D eigenvalue weighted by atomic mass is 9.86. The lowest BCUT2D eigenvalue weighted by molar-refractivity contribution is 0.238. The summed E-state index contributed by atoms with van der Waals surface area (Å²) in [5, 5.41) is 13.6. The Bertz CT molecular complexity index is 1200. The third-order valence-electron chi connectivity index (χ3n) is 7.07. The molecule has 0 aliphatic carbocycles. The molecular weight excluding hydrogens is 402 g/mol. The van der Waals surface area contributed by atoms with Crippen molar-refractivity contribution in [3.8, 4) is 11.3 Å². The van der Waals surface area contributed by atoms with E-state index in [9.17, 15) is 9.90 Å². The molecule has 7 heteroatoms. The second-order valence-electron chi connectivity index (χ2n) is 9.26. The Hall–Kier alpha value is -2.77. The number of aromatic nitrogens is 3. The van der Waals surface area contributed by atoms with E-state index in [0.29, 0.717) is 29.2 Å². The Kier molecular flexibility index (Phi) is 5.69. The lowest BCUT2D eigenvalue weighted by Gasteiger charge is -2.25. The summed E-state index contributed by atoms with van der Waals surface area (Å²) in [5.41, 5.74) is 5.17. The van der Waals surface area contributed by atoms with Crippen molar-refractivity contribution in [2.45, 2.75) is 32.1 Å². The average molecular weight is 434 g/mol. The van der Waals surface area contributed by atoms with Gasteiger partial charge in [-0.2, -0.15) is 0 Å². The average Bonchev–Trinajstić information content (AvgIpc) is 3.30. The third kappa shape index (κ3) is 3.80. The fraction of sp³-hybridized carbons (Fsp3) is 0.480. The largest absolute Gasteiger partial charge is 0.396 e. The molecule has 0 unspecified atom stereocenters. The number of hydrogen-bond donors (Lipinski definition) is 2. The van der Waals surface area contributed by atoms with Crippen LogP contribution in [0.15, 0.2) is 35.4 Å². The first-order valence-corrected chi connectivity index (χ1v) is 11.6. The van der Waals surface area contributed by atoms with Crippen LogP contribution < -0.4 is 15.8 Å². The van der Waals surface area contributed by atoms with Crippen LogP contribution in [0.2, 0.25) is 0 Å². The molecule has 0 bridgehead atoms. The topological polar surface area (TPSA) is 83.3 Å². The molecular formula is C25H31N5O2. The van der Waals surface area contributed by atoms with Gasteiger partial charge in [-0.25, -0.2) is 9.97 Å². The van der Waals surface area contributed by atoms with Crippen LogP contribution in [0.1, 0.15) is 36.3 Å². The zero-order chi connectivity index (χ0) is 22.2. The number of aryl methyl sites for hydroxylation is 2. The molecule has 3 aromatic rings. The van der Waals surface area contributed by atoms with Crippen LogP contribution in [0.25, 0.3) is 22.2 Å². The monoisotopic (exact) mass is 433 g/mol. The van der Waals surface area contributed by atoms with E-state index in [4.69, 9.17) is 4.98 Å². The summed E-state index contributed by atoms with van der Waals surface area (Å²) in [6.45, 7) is 5.97.